The van der Waals surface area contributed by atoms with Crippen LogP contribution in [0, 0.1) is 17.1 Å². The highest BCUT2D eigenvalue weighted by molar-refractivity contribution is 6.34. The number of phenols is 1. The Bertz CT molecular complexity index is 824. The van der Waals surface area contributed by atoms with Gasteiger partial charge in [0.2, 0.25) is 0 Å². The second-order valence-corrected chi connectivity index (χ2v) is 5.80. The van der Waals surface area contributed by atoms with E-state index in [9.17, 15) is 9.50 Å². The Morgan fingerprint density at radius 1 is 1.55 bits per heavy atom. The van der Waals surface area contributed by atoms with E-state index in [4.69, 9.17) is 40.1 Å². The molecule has 0 fully saturated rings. The first-order valence-corrected chi connectivity index (χ1v) is 7.07. The first-order chi connectivity index (χ1) is 10.3. The first-order valence-electron chi connectivity index (χ1n) is 5.94. The van der Waals surface area contributed by atoms with Crippen LogP contribution in [0.3, 0.4) is 0 Å². The Balaban J connectivity index is 2.83. The van der Waals surface area contributed by atoms with Crippen LogP contribution in [-0.2, 0) is 13.5 Å². The minimum Gasteiger partial charge on any atom is -0.506 e. The molecule has 0 amide bonds. The van der Waals surface area contributed by atoms with Crippen molar-refractivity contribution >= 4 is 34.8 Å². The van der Waals surface area contributed by atoms with Crippen molar-refractivity contribution in [2.75, 3.05) is 0 Å². The summed E-state index contributed by atoms with van der Waals surface area (Å²) >= 11 is 17.7. The molecule has 0 saturated carbocycles. The molecule has 22 heavy (non-hydrogen) atoms. The zero-order valence-corrected chi connectivity index (χ0v) is 13.6. The summed E-state index contributed by atoms with van der Waals surface area (Å²) in [5.41, 5.74) is 0.138. The molecule has 2 rings (SSSR count). The van der Waals surface area contributed by atoms with Gasteiger partial charge < -0.3 is 5.11 Å². The predicted octanol–water partition coefficient (Wildman–Crippen LogP) is 4.41. The molecule has 0 radical (unpaired) electrons. The molecule has 2 aromatic rings. The number of nitriles is 1. The number of halogens is 4. The molecular formula is C14H9Cl3FN3O. The van der Waals surface area contributed by atoms with E-state index in [1.807, 2.05) is 6.07 Å². The van der Waals surface area contributed by atoms with Gasteiger partial charge in [-0.05, 0) is 6.07 Å². The zero-order valence-electron chi connectivity index (χ0n) is 11.3. The Morgan fingerprint density at radius 3 is 2.68 bits per heavy atom. The lowest BCUT2D eigenvalue weighted by Gasteiger charge is -2.12. The van der Waals surface area contributed by atoms with Gasteiger partial charge in [0.05, 0.1) is 5.02 Å². The van der Waals surface area contributed by atoms with Crippen LogP contribution in [0.4, 0.5) is 4.39 Å². The number of hydrogen-bond donors (Lipinski definition) is 1. The summed E-state index contributed by atoms with van der Waals surface area (Å²) in [5.74, 6) is -1.07. The molecule has 0 spiro atoms. The van der Waals surface area contributed by atoms with Gasteiger partial charge in [0, 0.05) is 29.6 Å². The Hall–Kier alpha value is -1.74. The van der Waals surface area contributed by atoms with Gasteiger partial charge in [-0.15, -0.1) is 0 Å². The highest BCUT2D eigenvalue weighted by Crippen LogP contribution is 2.41. The van der Waals surface area contributed by atoms with Crippen LogP contribution in [0.25, 0.3) is 11.3 Å². The number of allylic oxidation sites excluding steroid dienone is 1. The third-order valence-electron chi connectivity index (χ3n) is 3.01. The average molecular weight is 361 g/mol. The van der Waals surface area contributed by atoms with E-state index in [1.165, 1.54) is 11.7 Å². The van der Waals surface area contributed by atoms with Crippen LogP contribution in [0.15, 0.2) is 17.7 Å². The Labute approximate surface area is 140 Å². The lowest BCUT2D eigenvalue weighted by molar-refractivity contribution is 0.468. The topological polar surface area (TPSA) is 61.8 Å². The fraction of sp³-hybridized carbons (Fsp3) is 0.143. The maximum atomic E-state index is 14.4. The normalized spacial score (nSPS) is 10.5. The Morgan fingerprint density at radius 2 is 2.18 bits per heavy atom. The second kappa shape index (κ2) is 6.17. The number of rotatable bonds is 3. The average Bonchev–Trinajstić information content (AvgIpc) is 2.70. The summed E-state index contributed by atoms with van der Waals surface area (Å²) in [5, 5.41) is 23.2. The van der Waals surface area contributed by atoms with Gasteiger partial charge in [-0.2, -0.15) is 10.4 Å². The lowest BCUT2D eigenvalue weighted by atomic mass is 9.99. The number of aromatic hydroxyl groups is 1. The van der Waals surface area contributed by atoms with Gasteiger partial charge in [-0.25, -0.2) is 4.39 Å². The number of hydrogen-bond acceptors (Lipinski definition) is 3. The molecule has 1 aromatic carbocycles. The van der Waals surface area contributed by atoms with Gasteiger partial charge in [0.1, 0.15) is 28.4 Å². The highest BCUT2D eigenvalue weighted by atomic mass is 35.5. The van der Waals surface area contributed by atoms with Crippen molar-refractivity contribution < 1.29 is 9.50 Å². The molecule has 0 bridgehead atoms. The van der Waals surface area contributed by atoms with E-state index in [-0.39, 0.29) is 49.8 Å². The van der Waals surface area contributed by atoms with E-state index >= 15 is 0 Å². The van der Waals surface area contributed by atoms with Crippen LogP contribution < -0.4 is 0 Å². The SMILES string of the molecule is C=C(Cl)Cc1c(O)c(Cl)cc(F)c1-c1nn(C)c(C#N)c1Cl. The van der Waals surface area contributed by atoms with E-state index in [0.717, 1.165) is 6.07 Å². The smallest absolute Gasteiger partial charge is 0.157 e. The predicted molar refractivity (Wildman–Crippen MR) is 83.7 cm³/mol. The Kier molecular flexibility index (Phi) is 4.66. The summed E-state index contributed by atoms with van der Waals surface area (Å²) in [7, 11) is 1.50. The van der Waals surface area contributed by atoms with Crippen LogP contribution in [0.2, 0.25) is 10.0 Å². The molecule has 1 N–H and O–H groups in total. The molecule has 0 atom stereocenters. The third-order valence-corrected chi connectivity index (χ3v) is 3.79. The van der Waals surface area contributed by atoms with Crippen molar-refractivity contribution in [3.8, 4) is 23.1 Å². The molecular weight excluding hydrogens is 352 g/mol. The largest absolute Gasteiger partial charge is 0.506 e. The molecule has 1 aromatic heterocycles. The summed E-state index contributed by atoms with van der Waals surface area (Å²) in [6.07, 6.45) is -0.0327. The molecule has 0 saturated heterocycles. The van der Waals surface area contributed by atoms with Gasteiger partial charge >= 0.3 is 0 Å². The van der Waals surface area contributed by atoms with Crippen molar-refractivity contribution in [1.82, 2.24) is 9.78 Å². The zero-order chi connectivity index (χ0) is 16.6. The molecule has 0 aliphatic carbocycles. The maximum absolute atomic E-state index is 14.4. The summed E-state index contributed by atoms with van der Waals surface area (Å²) in [4.78, 5) is 0. The fourth-order valence-corrected chi connectivity index (χ4v) is 2.70. The van der Waals surface area contributed by atoms with Crippen LogP contribution >= 0.6 is 34.8 Å². The fourth-order valence-electron chi connectivity index (χ4n) is 2.06. The van der Waals surface area contributed by atoms with Crippen LogP contribution in [0.5, 0.6) is 5.75 Å². The van der Waals surface area contributed by atoms with Gasteiger partial charge in [0.15, 0.2) is 5.69 Å². The number of aromatic nitrogens is 2. The van der Waals surface area contributed by atoms with Crippen molar-refractivity contribution in [3.63, 3.8) is 0 Å². The molecule has 8 heteroatoms. The van der Waals surface area contributed by atoms with Gasteiger partial charge in [0.25, 0.3) is 0 Å². The lowest BCUT2D eigenvalue weighted by Crippen LogP contribution is -1.98. The molecule has 114 valence electrons. The summed E-state index contributed by atoms with van der Waals surface area (Å²) < 4.78 is 15.6. The monoisotopic (exact) mass is 359 g/mol. The molecule has 0 aliphatic heterocycles. The third kappa shape index (κ3) is 2.78. The van der Waals surface area contributed by atoms with E-state index in [2.05, 4.69) is 11.7 Å². The molecule has 0 unspecified atom stereocenters. The second-order valence-electron chi connectivity index (χ2n) is 4.48. The molecule has 1 heterocycles. The molecule has 0 aliphatic rings. The van der Waals surface area contributed by atoms with E-state index in [1.54, 1.807) is 0 Å². The minimum atomic E-state index is -0.736. The van der Waals surface area contributed by atoms with Crippen LogP contribution in [-0.4, -0.2) is 14.9 Å². The van der Waals surface area contributed by atoms with Crippen molar-refractivity contribution in [2.24, 2.45) is 7.05 Å². The van der Waals surface area contributed by atoms with Gasteiger partial charge in [-0.3, -0.25) is 4.68 Å². The van der Waals surface area contributed by atoms with Crippen LogP contribution in [0.1, 0.15) is 11.3 Å². The highest BCUT2D eigenvalue weighted by Gasteiger charge is 2.25. The summed E-state index contributed by atoms with van der Waals surface area (Å²) in [6, 6.07) is 2.82. The quantitative estimate of drug-likeness (QED) is 0.882. The van der Waals surface area contributed by atoms with E-state index < -0.39 is 5.82 Å². The number of nitrogens with zero attached hydrogens (tertiary/aromatic N) is 3. The van der Waals surface area contributed by atoms with Crippen molar-refractivity contribution in [3.05, 3.63) is 44.8 Å². The van der Waals surface area contributed by atoms with Gasteiger partial charge in [-0.1, -0.05) is 41.4 Å². The standard InChI is InChI=1S/C14H9Cl3FN3O/c1-6(15)3-7-11(9(18)4-8(16)14(7)22)13-12(17)10(5-19)21(2)20-13/h4,22H,1,3H2,2H3. The number of phenolic OH excluding ortho intramolecular Hbond substituents is 1. The maximum Gasteiger partial charge on any atom is 0.157 e. The number of benzene rings is 1. The minimum absolute atomic E-state index is 0.0212. The first kappa shape index (κ1) is 16.6. The summed E-state index contributed by atoms with van der Waals surface area (Å²) in [6.45, 7) is 3.52. The van der Waals surface area contributed by atoms with Crippen molar-refractivity contribution in [1.29, 1.82) is 5.26 Å². The van der Waals surface area contributed by atoms with Crippen molar-refractivity contribution in [2.45, 2.75) is 6.42 Å². The van der Waals surface area contributed by atoms with E-state index in [0.29, 0.717) is 0 Å². The number of aryl methyl sites for hydroxylation is 1. The molecule has 4 nitrogen and oxygen atoms in total.